The van der Waals surface area contributed by atoms with Crippen LogP contribution in [0.3, 0.4) is 0 Å². The average molecular weight is 210 g/mol. The quantitative estimate of drug-likeness (QED) is 0.487. The molecular formula is C5H10N2O5S. The third-order valence-corrected chi connectivity index (χ3v) is 2.18. The highest BCUT2D eigenvalue weighted by molar-refractivity contribution is 7.84. The number of oxime groups is 1. The summed E-state index contributed by atoms with van der Waals surface area (Å²) in [5, 5.41) is 11.2. The van der Waals surface area contributed by atoms with Gasteiger partial charge in [-0.15, -0.1) is 0 Å². The van der Waals surface area contributed by atoms with Crippen LogP contribution in [0, 0.1) is 0 Å². The SMILES string of the molecule is C/C(=N/OS(=O)(=O)N(C)C)C(=O)O. The fourth-order valence-corrected chi connectivity index (χ4v) is 0.548. The lowest BCUT2D eigenvalue weighted by Gasteiger charge is -2.06. The molecule has 0 rings (SSSR count). The first-order valence-electron chi connectivity index (χ1n) is 3.16. The molecule has 0 heterocycles. The van der Waals surface area contributed by atoms with Crippen molar-refractivity contribution in [2.24, 2.45) is 5.16 Å². The molecule has 0 radical (unpaired) electrons. The molecule has 8 heteroatoms. The number of hydrogen-bond donors (Lipinski definition) is 1. The van der Waals surface area contributed by atoms with Crippen LogP contribution in [-0.4, -0.2) is 43.6 Å². The molecule has 0 atom stereocenters. The molecular weight excluding hydrogens is 200 g/mol. The normalized spacial score (nSPS) is 13.1. The number of aliphatic carboxylic acids is 1. The Morgan fingerprint density at radius 2 is 1.92 bits per heavy atom. The van der Waals surface area contributed by atoms with Gasteiger partial charge in [0.1, 0.15) is 0 Å². The van der Waals surface area contributed by atoms with Gasteiger partial charge in [0.05, 0.1) is 0 Å². The van der Waals surface area contributed by atoms with Crippen LogP contribution < -0.4 is 0 Å². The second kappa shape index (κ2) is 4.19. The second-order valence-corrected chi connectivity index (χ2v) is 4.03. The van der Waals surface area contributed by atoms with Gasteiger partial charge in [0.25, 0.3) is 0 Å². The van der Waals surface area contributed by atoms with E-state index in [0.717, 1.165) is 11.2 Å². The van der Waals surface area contributed by atoms with Crippen molar-refractivity contribution in [2.45, 2.75) is 6.92 Å². The van der Waals surface area contributed by atoms with Crippen molar-refractivity contribution in [3.8, 4) is 0 Å². The number of carbonyl (C=O) groups is 1. The van der Waals surface area contributed by atoms with Crippen LogP contribution in [0.2, 0.25) is 0 Å². The minimum atomic E-state index is -3.94. The topological polar surface area (TPSA) is 96.3 Å². The molecule has 0 aromatic rings. The van der Waals surface area contributed by atoms with E-state index in [2.05, 4.69) is 9.44 Å². The Kier molecular flexibility index (Phi) is 3.82. The first-order valence-corrected chi connectivity index (χ1v) is 4.53. The van der Waals surface area contributed by atoms with E-state index in [1.807, 2.05) is 0 Å². The zero-order chi connectivity index (χ0) is 10.6. The van der Waals surface area contributed by atoms with Crippen LogP contribution in [-0.2, 0) is 19.4 Å². The Labute approximate surface area is 75.8 Å². The maximum atomic E-state index is 10.9. The smallest absolute Gasteiger partial charge is 0.404 e. The van der Waals surface area contributed by atoms with E-state index in [-0.39, 0.29) is 0 Å². The molecule has 0 fully saturated rings. The molecule has 0 aliphatic rings. The summed E-state index contributed by atoms with van der Waals surface area (Å²) in [7, 11) is -1.47. The van der Waals surface area contributed by atoms with Gasteiger partial charge in [0, 0.05) is 14.1 Å². The minimum absolute atomic E-state index is 0.439. The van der Waals surface area contributed by atoms with E-state index < -0.39 is 22.0 Å². The Hall–Kier alpha value is -1.15. The van der Waals surface area contributed by atoms with Gasteiger partial charge < -0.3 is 5.11 Å². The van der Waals surface area contributed by atoms with Gasteiger partial charge in [-0.25, -0.2) is 4.79 Å². The highest BCUT2D eigenvalue weighted by Crippen LogP contribution is 1.97. The van der Waals surface area contributed by atoms with Gasteiger partial charge in [-0.2, -0.15) is 12.7 Å². The molecule has 0 spiro atoms. The van der Waals surface area contributed by atoms with Crippen molar-refractivity contribution in [3.63, 3.8) is 0 Å². The summed E-state index contributed by atoms with van der Waals surface area (Å²) in [6, 6.07) is 0. The van der Waals surface area contributed by atoms with Crippen molar-refractivity contribution < 1.29 is 22.6 Å². The maximum Gasteiger partial charge on any atom is 0.404 e. The highest BCUT2D eigenvalue weighted by atomic mass is 32.2. The Morgan fingerprint density at radius 1 is 1.46 bits per heavy atom. The lowest BCUT2D eigenvalue weighted by atomic mass is 10.4. The monoisotopic (exact) mass is 210 g/mol. The number of carboxylic acid groups (broad SMARTS) is 1. The van der Waals surface area contributed by atoms with Crippen LogP contribution in [0.5, 0.6) is 0 Å². The van der Waals surface area contributed by atoms with Gasteiger partial charge >= 0.3 is 16.3 Å². The fourth-order valence-electron chi connectivity index (χ4n) is 0.209. The first kappa shape index (κ1) is 11.8. The Balaban J connectivity index is 4.50. The molecule has 0 saturated carbocycles. The van der Waals surface area contributed by atoms with E-state index in [4.69, 9.17) is 5.11 Å². The Bertz CT molecular complexity index is 318. The van der Waals surface area contributed by atoms with Crippen molar-refractivity contribution in [1.82, 2.24) is 4.31 Å². The lowest BCUT2D eigenvalue weighted by Crippen LogP contribution is -2.23. The highest BCUT2D eigenvalue weighted by Gasteiger charge is 2.15. The van der Waals surface area contributed by atoms with Crippen LogP contribution in [0.4, 0.5) is 0 Å². The largest absolute Gasteiger partial charge is 0.477 e. The van der Waals surface area contributed by atoms with Crippen molar-refractivity contribution in [3.05, 3.63) is 0 Å². The fraction of sp³-hybridized carbons (Fsp3) is 0.600. The van der Waals surface area contributed by atoms with Crippen LogP contribution in [0.1, 0.15) is 6.92 Å². The predicted molar refractivity (Wildman–Crippen MR) is 44.4 cm³/mol. The summed E-state index contributed by atoms with van der Waals surface area (Å²) in [5.41, 5.74) is -0.439. The van der Waals surface area contributed by atoms with Crippen molar-refractivity contribution in [1.29, 1.82) is 0 Å². The summed E-state index contributed by atoms with van der Waals surface area (Å²) < 4.78 is 26.5. The summed E-state index contributed by atoms with van der Waals surface area (Å²) in [5.74, 6) is -1.34. The van der Waals surface area contributed by atoms with E-state index in [0.29, 0.717) is 0 Å². The van der Waals surface area contributed by atoms with E-state index in [1.165, 1.54) is 14.1 Å². The molecule has 0 bridgehead atoms. The van der Waals surface area contributed by atoms with E-state index in [9.17, 15) is 13.2 Å². The standard InChI is InChI=1S/C5H10N2O5S/c1-4(5(8)9)6-12-13(10,11)7(2)3/h1-3H3,(H,8,9)/b6-4-. The van der Waals surface area contributed by atoms with Crippen LogP contribution >= 0.6 is 0 Å². The molecule has 1 N–H and O–H groups in total. The number of carboxylic acids is 1. The molecule has 76 valence electrons. The molecule has 0 amide bonds. The lowest BCUT2D eigenvalue weighted by molar-refractivity contribution is -0.129. The summed E-state index contributed by atoms with van der Waals surface area (Å²) in [4.78, 5) is 10.2. The number of hydrogen-bond acceptors (Lipinski definition) is 5. The van der Waals surface area contributed by atoms with Crippen molar-refractivity contribution >= 4 is 22.0 Å². The summed E-state index contributed by atoms with van der Waals surface area (Å²) >= 11 is 0. The molecule has 0 saturated heterocycles. The average Bonchev–Trinajstić information content (AvgIpc) is 1.99. The predicted octanol–water partition coefficient (Wildman–Crippen LogP) is -0.730. The van der Waals surface area contributed by atoms with Crippen LogP contribution in [0.25, 0.3) is 0 Å². The third-order valence-electron chi connectivity index (χ3n) is 1.03. The molecule has 0 aliphatic heterocycles. The van der Waals surface area contributed by atoms with Gasteiger partial charge in [-0.1, -0.05) is 5.16 Å². The van der Waals surface area contributed by atoms with Gasteiger partial charge in [0.2, 0.25) is 0 Å². The molecule has 0 unspecified atom stereocenters. The summed E-state index contributed by atoms with van der Waals surface area (Å²) in [6.07, 6.45) is 0. The van der Waals surface area contributed by atoms with E-state index >= 15 is 0 Å². The molecule has 7 nitrogen and oxygen atoms in total. The zero-order valence-corrected chi connectivity index (χ0v) is 8.20. The molecule has 0 aliphatic carbocycles. The van der Waals surface area contributed by atoms with Gasteiger partial charge in [-0.3, -0.25) is 4.28 Å². The third kappa shape index (κ3) is 3.85. The summed E-state index contributed by atoms with van der Waals surface area (Å²) in [6.45, 7) is 1.12. The molecule has 0 aromatic carbocycles. The first-order chi connectivity index (χ1) is 5.77. The van der Waals surface area contributed by atoms with Gasteiger partial charge in [-0.05, 0) is 6.92 Å². The zero-order valence-electron chi connectivity index (χ0n) is 7.38. The van der Waals surface area contributed by atoms with Gasteiger partial charge in [0.15, 0.2) is 5.71 Å². The second-order valence-electron chi connectivity index (χ2n) is 2.30. The van der Waals surface area contributed by atoms with Crippen molar-refractivity contribution in [2.75, 3.05) is 14.1 Å². The number of nitrogens with zero attached hydrogens (tertiary/aromatic N) is 2. The van der Waals surface area contributed by atoms with E-state index in [1.54, 1.807) is 0 Å². The maximum absolute atomic E-state index is 10.9. The Morgan fingerprint density at radius 3 is 2.23 bits per heavy atom. The number of rotatable bonds is 4. The molecule has 0 aromatic heterocycles. The minimum Gasteiger partial charge on any atom is -0.477 e. The molecule has 13 heavy (non-hydrogen) atoms. The van der Waals surface area contributed by atoms with Crippen LogP contribution in [0.15, 0.2) is 5.16 Å².